The fraction of sp³-hybridized carbons (Fsp3) is 0.929. The number of esters is 1. The van der Waals surface area contributed by atoms with Gasteiger partial charge in [0.15, 0.2) is 0 Å². The molecule has 19 heavy (non-hydrogen) atoms. The summed E-state index contributed by atoms with van der Waals surface area (Å²) in [4.78, 5) is 14.2. The van der Waals surface area contributed by atoms with Gasteiger partial charge in [0.1, 0.15) is 6.04 Å². The number of hydrogen-bond donors (Lipinski definition) is 1. The Bertz CT molecular complexity index is 298. The average molecular weight is 270 g/mol. The number of carbonyl (C=O) groups is 1. The van der Waals surface area contributed by atoms with Crippen LogP contribution in [0, 0.1) is 5.92 Å². The van der Waals surface area contributed by atoms with E-state index in [9.17, 15) is 4.79 Å². The lowest BCUT2D eigenvalue weighted by Crippen LogP contribution is -2.57. The van der Waals surface area contributed by atoms with E-state index < -0.39 is 0 Å². The fourth-order valence-corrected chi connectivity index (χ4v) is 3.43. The summed E-state index contributed by atoms with van der Waals surface area (Å²) >= 11 is 0. The van der Waals surface area contributed by atoms with Gasteiger partial charge in [0.2, 0.25) is 0 Å². The highest BCUT2D eigenvalue weighted by Gasteiger charge is 2.38. The van der Waals surface area contributed by atoms with Crippen LogP contribution in [0.25, 0.3) is 0 Å². The van der Waals surface area contributed by atoms with Crippen LogP contribution in [0.15, 0.2) is 0 Å². The van der Waals surface area contributed by atoms with E-state index in [0.29, 0.717) is 31.7 Å². The van der Waals surface area contributed by atoms with Gasteiger partial charge in [-0.05, 0) is 25.3 Å². The van der Waals surface area contributed by atoms with Crippen LogP contribution in [0.4, 0.5) is 0 Å². The maximum Gasteiger partial charge on any atom is 0.325 e. The van der Waals surface area contributed by atoms with Crippen molar-refractivity contribution in [3.8, 4) is 0 Å². The van der Waals surface area contributed by atoms with Gasteiger partial charge in [0.25, 0.3) is 0 Å². The summed E-state index contributed by atoms with van der Waals surface area (Å²) in [6.45, 7) is 2.65. The Labute approximate surface area is 115 Å². The fourth-order valence-electron chi connectivity index (χ4n) is 3.43. The van der Waals surface area contributed by atoms with Gasteiger partial charge in [-0.15, -0.1) is 0 Å². The Morgan fingerprint density at radius 1 is 1.37 bits per heavy atom. The van der Waals surface area contributed by atoms with Crippen molar-refractivity contribution in [2.24, 2.45) is 11.7 Å². The van der Waals surface area contributed by atoms with Gasteiger partial charge in [-0.1, -0.05) is 19.3 Å². The molecule has 2 N–H and O–H groups in total. The number of hydrogen-bond acceptors (Lipinski definition) is 5. The molecular formula is C14H26N2O3. The highest BCUT2D eigenvalue weighted by molar-refractivity contribution is 5.76. The molecule has 3 unspecified atom stereocenters. The average Bonchev–Trinajstić information content (AvgIpc) is 2.71. The topological polar surface area (TPSA) is 64.8 Å². The monoisotopic (exact) mass is 270 g/mol. The molecule has 1 heterocycles. The second-order valence-electron chi connectivity index (χ2n) is 5.55. The normalized spacial score (nSPS) is 33.7. The third kappa shape index (κ3) is 3.46. The molecule has 2 aliphatic rings. The Kier molecular flexibility index (Phi) is 5.60. The number of nitrogens with zero attached hydrogens (tertiary/aromatic N) is 1. The number of carbonyl (C=O) groups excluding carboxylic acids is 1. The first kappa shape index (κ1) is 14.8. The van der Waals surface area contributed by atoms with E-state index in [1.54, 1.807) is 0 Å². The molecule has 3 atom stereocenters. The third-order valence-corrected chi connectivity index (χ3v) is 4.49. The zero-order chi connectivity index (χ0) is 13.7. The van der Waals surface area contributed by atoms with Gasteiger partial charge in [0.05, 0.1) is 20.3 Å². The van der Waals surface area contributed by atoms with E-state index in [0.717, 1.165) is 13.0 Å². The van der Waals surface area contributed by atoms with Crippen LogP contribution < -0.4 is 5.73 Å². The molecule has 0 aromatic carbocycles. The Morgan fingerprint density at radius 2 is 2.16 bits per heavy atom. The molecule has 0 radical (unpaired) electrons. The van der Waals surface area contributed by atoms with Crippen LogP contribution in [0.2, 0.25) is 0 Å². The van der Waals surface area contributed by atoms with Crippen molar-refractivity contribution in [1.82, 2.24) is 4.90 Å². The first-order valence-electron chi connectivity index (χ1n) is 7.39. The smallest absolute Gasteiger partial charge is 0.325 e. The van der Waals surface area contributed by atoms with Crippen molar-refractivity contribution in [3.63, 3.8) is 0 Å². The Morgan fingerprint density at radius 3 is 2.89 bits per heavy atom. The van der Waals surface area contributed by atoms with Crippen molar-refractivity contribution in [1.29, 1.82) is 0 Å². The predicted molar refractivity (Wildman–Crippen MR) is 72.7 cm³/mol. The summed E-state index contributed by atoms with van der Waals surface area (Å²) in [5, 5.41) is 0. The molecule has 5 nitrogen and oxygen atoms in total. The van der Waals surface area contributed by atoms with E-state index in [-0.39, 0.29) is 12.0 Å². The lowest BCUT2D eigenvalue weighted by Gasteiger charge is -2.42. The standard InChI is InChI=1S/C14H26N2O3/c1-18-14(17)13-10-19-8-7-16(13)12-6-4-2-3-5-11(12)9-15/h11-13H,2-10,15H2,1H3. The molecule has 110 valence electrons. The van der Waals surface area contributed by atoms with E-state index in [4.69, 9.17) is 15.2 Å². The van der Waals surface area contributed by atoms with Crippen LogP contribution >= 0.6 is 0 Å². The maximum atomic E-state index is 11.9. The van der Waals surface area contributed by atoms with Crippen LogP contribution in [0.5, 0.6) is 0 Å². The second kappa shape index (κ2) is 7.22. The molecule has 2 fully saturated rings. The predicted octanol–water partition coefficient (Wildman–Crippen LogP) is 0.768. The third-order valence-electron chi connectivity index (χ3n) is 4.49. The Hall–Kier alpha value is -0.650. The van der Waals surface area contributed by atoms with Crippen LogP contribution in [-0.4, -0.2) is 56.4 Å². The van der Waals surface area contributed by atoms with Crippen molar-refractivity contribution in [3.05, 3.63) is 0 Å². The summed E-state index contributed by atoms with van der Waals surface area (Å²) < 4.78 is 10.4. The van der Waals surface area contributed by atoms with Gasteiger partial charge >= 0.3 is 5.97 Å². The van der Waals surface area contributed by atoms with Crippen molar-refractivity contribution in [2.75, 3.05) is 33.4 Å². The first-order valence-corrected chi connectivity index (χ1v) is 7.39. The van der Waals surface area contributed by atoms with Crippen molar-refractivity contribution >= 4 is 5.97 Å². The molecule has 1 saturated heterocycles. The van der Waals surface area contributed by atoms with Crippen molar-refractivity contribution in [2.45, 2.75) is 44.2 Å². The zero-order valence-electron chi connectivity index (χ0n) is 11.8. The molecule has 0 amide bonds. The minimum Gasteiger partial charge on any atom is -0.468 e. The molecule has 0 spiro atoms. The van der Waals surface area contributed by atoms with E-state index in [1.165, 1.54) is 32.8 Å². The van der Waals surface area contributed by atoms with Crippen LogP contribution in [0.3, 0.4) is 0 Å². The molecule has 5 heteroatoms. The lowest BCUT2D eigenvalue weighted by molar-refractivity contribution is -0.156. The lowest BCUT2D eigenvalue weighted by atomic mass is 9.92. The summed E-state index contributed by atoms with van der Waals surface area (Å²) in [7, 11) is 1.45. The highest BCUT2D eigenvalue weighted by Crippen LogP contribution is 2.29. The largest absolute Gasteiger partial charge is 0.468 e. The molecule has 0 bridgehead atoms. The zero-order valence-corrected chi connectivity index (χ0v) is 11.8. The molecular weight excluding hydrogens is 244 g/mol. The van der Waals surface area contributed by atoms with Gasteiger partial charge in [0, 0.05) is 12.6 Å². The van der Waals surface area contributed by atoms with Gasteiger partial charge < -0.3 is 15.2 Å². The van der Waals surface area contributed by atoms with E-state index >= 15 is 0 Å². The molecule has 0 aromatic rings. The molecule has 2 rings (SSSR count). The molecule has 1 aliphatic heterocycles. The minimum absolute atomic E-state index is 0.181. The number of rotatable bonds is 3. The summed E-state index contributed by atoms with van der Waals surface area (Å²) in [6, 6.07) is 0.149. The molecule has 1 saturated carbocycles. The number of morpholine rings is 1. The van der Waals surface area contributed by atoms with Crippen LogP contribution in [0.1, 0.15) is 32.1 Å². The van der Waals surface area contributed by atoms with E-state index in [1.807, 2.05) is 0 Å². The molecule has 1 aliphatic carbocycles. The minimum atomic E-state index is -0.254. The summed E-state index contributed by atoms with van der Waals surface area (Å²) in [5.41, 5.74) is 5.95. The molecule has 0 aromatic heterocycles. The highest BCUT2D eigenvalue weighted by atomic mass is 16.5. The number of methoxy groups -OCH3 is 1. The van der Waals surface area contributed by atoms with Crippen LogP contribution in [-0.2, 0) is 14.3 Å². The summed E-state index contributed by atoms with van der Waals surface area (Å²) in [5.74, 6) is 0.312. The van der Waals surface area contributed by atoms with Gasteiger partial charge in [-0.3, -0.25) is 9.69 Å². The first-order chi connectivity index (χ1) is 9.27. The summed E-state index contributed by atoms with van der Waals surface area (Å²) in [6.07, 6.45) is 6.07. The SMILES string of the molecule is COC(=O)C1COCCN1C1CCCCCC1CN. The van der Waals surface area contributed by atoms with Gasteiger partial charge in [-0.2, -0.15) is 0 Å². The maximum absolute atomic E-state index is 11.9. The van der Waals surface area contributed by atoms with Gasteiger partial charge in [-0.25, -0.2) is 0 Å². The quantitative estimate of drug-likeness (QED) is 0.606. The number of nitrogens with two attached hydrogens (primary N) is 1. The Balaban J connectivity index is 2.12. The number of ether oxygens (including phenoxy) is 2. The second-order valence-corrected chi connectivity index (χ2v) is 5.55. The van der Waals surface area contributed by atoms with Crippen molar-refractivity contribution < 1.29 is 14.3 Å². The van der Waals surface area contributed by atoms with E-state index in [2.05, 4.69) is 4.90 Å².